The van der Waals surface area contributed by atoms with Crippen molar-refractivity contribution in [1.29, 1.82) is 0 Å². The van der Waals surface area contributed by atoms with Crippen LogP contribution in [0.2, 0.25) is 0 Å². The Labute approximate surface area is 157 Å². The summed E-state index contributed by atoms with van der Waals surface area (Å²) in [6.45, 7) is 6.46. The van der Waals surface area contributed by atoms with E-state index in [0.717, 1.165) is 10.0 Å². The lowest BCUT2D eigenvalue weighted by atomic mass is 10.1. The van der Waals surface area contributed by atoms with Gasteiger partial charge < -0.3 is 25.4 Å². The number of rotatable bonds is 6. The first-order valence-corrected chi connectivity index (χ1v) is 8.65. The maximum absolute atomic E-state index is 11.9. The zero-order chi connectivity index (χ0) is 19.0. The van der Waals surface area contributed by atoms with Crippen LogP contribution in [0.4, 0.5) is 0 Å². The number of methoxy groups -OCH3 is 2. The van der Waals surface area contributed by atoms with E-state index in [9.17, 15) is 4.79 Å². The van der Waals surface area contributed by atoms with Crippen LogP contribution in [0.5, 0.6) is 11.5 Å². The van der Waals surface area contributed by atoms with Crippen molar-refractivity contribution in [3.63, 3.8) is 0 Å². The molecule has 3 N–H and O–H groups in total. The minimum atomic E-state index is -0.264. The van der Waals surface area contributed by atoms with Crippen molar-refractivity contribution in [1.82, 2.24) is 16.0 Å². The molecule has 0 aliphatic rings. The van der Waals surface area contributed by atoms with Crippen LogP contribution in [-0.2, 0) is 11.3 Å². The Bertz CT molecular complexity index is 627. The second-order valence-corrected chi connectivity index (χ2v) is 7.23. The number of guanidine groups is 1. The van der Waals surface area contributed by atoms with Gasteiger partial charge in [-0.1, -0.05) is 15.9 Å². The number of benzene rings is 1. The summed E-state index contributed by atoms with van der Waals surface area (Å²) in [5.74, 6) is 1.74. The maximum atomic E-state index is 11.9. The first-order chi connectivity index (χ1) is 11.7. The standard InChI is InChI=1S/C17H27BrN4O3/c1-17(2,3)22-15(23)10-21-16(19-4)20-9-11-7-13(24-5)14(25-6)8-12(11)18/h7-8H,9-10H2,1-6H3,(H,22,23)(H2,19,20,21). The van der Waals surface area contributed by atoms with Crippen LogP contribution >= 0.6 is 15.9 Å². The zero-order valence-electron chi connectivity index (χ0n) is 15.6. The van der Waals surface area contributed by atoms with Crippen LogP contribution < -0.4 is 25.4 Å². The summed E-state index contributed by atoms with van der Waals surface area (Å²) in [5.41, 5.74) is 0.708. The summed E-state index contributed by atoms with van der Waals surface area (Å²) >= 11 is 3.52. The Morgan fingerprint density at radius 3 is 2.28 bits per heavy atom. The number of carbonyl (C=O) groups is 1. The molecule has 0 atom stereocenters. The van der Waals surface area contributed by atoms with Gasteiger partial charge in [-0.3, -0.25) is 9.79 Å². The van der Waals surface area contributed by atoms with Gasteiger partial charge in [-0.2, -0.15) is 0 Å². The average Bonchev–Trinajstić information content (AvgIpc) is 2.54. The van der Waals surface area contributed by atoms with Gasteiger partial charge in [-0.05, 0) is 38.5 Å². The van der Waals surface area contributed by atoms with E-state index in [2.05, 4.69) is 36.9 Å². The molecular formula is C17H27BrN4O3. The van der Waals surface area contributed by atoms with E-state index in [1.54, 1.807) is 21.3 Å². The van der Waals surface area contributed by atoms with Crippen molar-refractivity contribution in [3.05, 3.63) is 22.2 Å². The minimum absolute atomic E-state index is 0.0947. The fourth-order valence-corrected chi connectivity index (χ4v) is 2.52. The third-order valence-electron chi connectivity index (χ3n) is 3.15. The molecule has 8 heteroatoms. The number of ether oxygens (including phenoxy) is 2. The van der Waals surface area contributed by atoms with Crippen molar-refractivity contribution < 1.29 is 14.3 Å². The highest BCUT2D eigenvalue weighted by atomic mass is 79.9. The number of nitrogens with zero attached hydrogens (tertiary/aromatic N) is 1. The SMILES string of the molecule is CN=C(NCC(=O)NC(C)(C)C)NCc1cc(OC)c(OC)cc1Br. The van der Waals surface area contributed by atoms with E-state index in [4.69, 9.17) is 9.47 Å². The number of nitrogens with one attached hydrogen (secondary N) is 3. The number of hydrogen-bond acceptors (Lipinski definition) is 4. The molecule has 0 heterocycles. The summed E-state index contributed by atoms with van der Waals surface area (Å²) in [7, 11) is 4.84. The molecule has 0 saturated heterocycles. The van der Waals surface area contributed by atoms with E-state index in [0.29, 0.717) is 24.0 Å². The highest BCUT2D eigenvalue weighted by molar-refractivity contribution is 9.10. The van der Waals surface area contributed by atoms with E-state index >= 15 is 0 Å². The molecule has 7 nitrogen and oxygen atoms in total. The molecule has 1 amide bonds. The summed E-state index contributed by atoms with van der Waals surface area (Å²) in [6.07, 6.45) is 0. The van der Waals surface area contributed by atoms with Crippen LogP contribution in [0.25, 0.3) is 0 Å². The van der Waals surface area contributed by atoms with Gasteiger partial charge in [0.25, 0.3) is 0 Å². The van der Waals surface area contributed by atoms with E-state index in [1.807, 2.05) is 32.9 Å². The smallest absolute Gasteiger partial charge is 0.239 e. The van der Waals surface area contributed by atoms with Crippen molar-refractivity contribution in [2.75, 3.05) is 27.8 Å². The molecule has 0 aliphatic carbocycles. The van der Waals surface area contributed by atoms with E-state index in [-0.39, 0.29) is 18.0 Å². The van der Waals surface area contributed by atoms with Gasteiger partial charge in [0, 0.05) is 23.6 Å². The van der Waals surface area contributed by atoms with E-state index < -0.39 is 0 Å². The number of carbonyl (C=O) groups excluding carboxylic acids is 1. The molecular weight excluding hydrogens is 388 g/mol. The van der Waals surface area contributed by atoms with Gasteiger partial charge in [0.15, 0.2) is 17.5 Å². The van der Waals surface area contributed by atoms with Gasteiger partial charge in [0.05, 0.1) is 20.8 Å². The maximum Gasteiger partial charge on any atom is 0.239 e. The van der Waals surface area contributed by atoms with Crippen LogP contribution in [-0.4, -0.2) is 45.2 Å². The Morgan fingerprint density at radius 2 is 1.76 bits per heavy atom. The Hall–Kier alpha value is -1.96. The lowest BCUT2D eigenvalue weighted by Crippen LogP contribution is -2.48. The molecule has 0 spiro atoms. The van der Waals surface area contributed by atoms with Crippen LogP contribution in [0, 0.1) is 0 Å². The number of hydrogen-bond donors (Lipinski definition) is 3. The molecule has 1 aromatic rings. The molecule has 0 radical (unpaired) electrons. The molecule has 140 valence electrons. The molecule has 0 fully saturated rings. The lowest BCUT2D eigenvalue weighted by Gasteiger charge is -2.21. The molecule has 0 aromatic heterocycles. The molecule has 0 unspecified atom stereocenters. The number of amides is 1. The Balaban J connectivity index is 2.65. The quantitative estimate of drug-likeness (QED) is 0.489. The van der Waals surface area contributed by atoms with Gasteiger partial charge in [0.2, 0.25) is 5.91 Å². The second kappa shape index (κ2) is 9.50. The number of halogens is 1. The zero-order valence-corrected chi connectivity index (χ0v) is 17.2. The summed E-state index contributed by atoms with van der Waals surface area (Å²) in [6, 6.07) is 3.73. The lowest BCUT2D eigenvalue weighted by molar-refractivity contribution is -0.121. The molecule has 0 saturated carbocycles. The van der Waals surface area contributed by atoms with Crippen LogP contribution in [0.15, 0.2) is 21.6 Å². The van der Waals surface area contributed by atoms with Crippen molar-refractivity contribution in [2.24, 2.45) is 4.99 Å². The van der Waals surface area contributed by atoms with Crippen LogP contribution in [0.1, 0.15) is 26.3 Å². The van der Waals surface area contributed by atoms with Gasteiger partial charge in [0.1, 0.15) is 0 Å². The molecule has 1 aromatic carbocycles. The highest BCUT2D eigenvalue weighted by Crippen LogP contribution is 2.33. The Kier molecular flexibility index (Phi) is 8.02. The largest absolute Gasteiger partial charge is 0.493 e. The van der Waals surface area contributed by atoms with Crippen molar-refractivity contribution in [3.8, 4) is 11.5 Å². The van der Waals surface area contributed by atoms with Crippen molar-refractivity contribution >= 4 is 27.8 Å². The summed E-state index contributed by atoms with van der Waals surface area (Å²) in [5, 5.41) is 9.04. The van der Waals surface area contributed by atoms with Crippen molar-refractivity contribution in [2.45, 2.75) is 32.9 Å². The third-order valence-corrected chi connectivity index (χ3v) is 3.89. The predicted octanol–water partition coefficient (Wildman–Crippen LogP) is 2.05. The molecule has 25 heavy (non-hydrogen) atoms. The first kappa shape index (κ1) is 21.1. The topological polar surface area (TPSA) is 84.0 Å². The minimum Gasteiger partial charge on any atom is -0.493 e. The predicted molar refractivity (Wildman–Crippen MR) is 103 cm³/mol. The fraction of sp³-hybridized carbons (Fsp3) is 0.529. The monoisotopic (exact) mass is 414 g/mol. The van der Waals surface area contributed by atoms with Gasteiger partial charge >= 0.3 is 0 Å². The van der Waals surface area contributed by atoms with Gasteiger partial charge in [-0.15, -0.1) is 0 Å². The summed E-state index contributed by atoms with van der Waals surface area (Å²) in [4.78, 5) is 16.0. The van der Waals surface area contributed by atoms with E-state index in [1.165, 1.54) is 0 Å². The Morgan fingerprint density at radius 1 is 1.16 bits per heavy atom. The average molecular weight is 415 g/mol. The molecule has 1 rings (SSSR count). The fourth-order valence-electron chi connectivity index (χ4n) is 2.06. The first-order valence-electron chi connectivity index (χ1n) is 7.86. The summed E-state index contributed by atoms with van der Waals surface area (Å²) < 4.78 is 11.5. The second-order valence-electron chi connectivity index (χ2n) is 6.38. The number of aliphatic imine (C=N–C) groups is 1. The molecule has 0 bridgehead atoms. The third kappa shape index (κ3) is 7.21. The highest BCUT2D eigenvalue weighted by Gasteiger charge is 2.14. The normalized spacial score (nSPS) is 11.7. The van der Waals surface area contributed by atoms with Gasteiger partial charge in [-0.25, -0.2) is 0 Å². The van der Waals surface area contributed by atoms with Crippen LogP contribution in [0.3, 0.4) is 0 Å². The molecule has 0 aliphatic heterocycles.